The number of carbonyl (C=O) groups is 1. The van der Waals surface area contributed by atoms with E-state index in [9.17, 15) is 9.90 Å². The molecular formula is C28H37FN4O3. The van der Waals surface area contributed by atoms with Crippen molar-refractivity contribution in [2.75, 3.05) is 26.7 Å². The van der Waals surface area contributed by atoms with Crippen LogP contribution in [0.3, 0.4) is 0 Å². The first-order valence-electron chi connectivity index (χ1n) is 12.9. The standard InChI is InChI=1S/C28H37FN4O3/c1-19-21(17-31-32-19)5-3-4-13-33-14-11-20(22(18-33)15-28(34)35)6-8-26(29)24-10-12-30-27-9-7-23(36-2)16-25(24)27/h7,9-10,12,16-17,20,22,26H,3-6,8,11,13-15,18H2,1-2H3,(H,31,32)(H,34,35)/t20-,22+,26+/m1/s1. The average molecular weight is 497 g/mol. The normalized spacial score (nSPS) is 19.4. The van der Waals surface area contributed by atoms with Gasteiger partial charge in [0.1, 0.15) is 11.9 Å². The summed E-state index contributed by atoms with van der Waals surface area (Å²) < 4.78 is 20.8. The number of methoxy groups -OCH3 is 1. The Labute approximate surface area is 212 Å². The number of rotatable bonds is 12. The van der Waals surface area contributed by atoms with Crippen molar-refractivity contribution < 1.29 is 19.0 Å². The van der Waals surface area contributed by atoms with Gasteiger partial charge in [0.2, 0.25) is 0 Å². The Hall–Kier alpha value is -3.00. The van der Waals surface area contributed by atoms with E-state index in [1.807, 2.05) is 31.3 Å². The summed E-state index contributed by atoms with van der Waals surface area (Å²) in [5.74, 6) is 0.171. The minimum absolute atomic E-state index is 0.0499. The number of H-pyrrole nitrogens is 1. The quantitative estimate of drug-likeness (QED) is 0.322. The fourth-order valence-corrected chi connectivity index (χ4v) is 5.54. The van der Waals surface area contributed by atoms with Crippen molar-refractivity contribution in [2.45, 2.75) is 58.0 Å². The van der Waals surface area contributed by atoms with E-state index in [1.54, 1.807) is 19.4 Å². The second-order valence-corrected chi connectivity index (χ2v) is 9.99. The molecule has 0 aliphatic carbocycles. The molecule has 4 rings (SSSR count). The highest BCUT2D eigenvalue weighted by Gasteiger charge is 2.31. The summed E-state index contributed by atoms with van der Waals surface area (Å²) in [7, 11) is 1.60. The van der Waals surface area contributed by atoms with E-state index in [1.165, 1.54) is 5.56 Å². The highest BCUT2D eigenvalue weighted by atomic mass is 19.1. The molecule has 36 heavy (non-hydrogen) atoms. The van der Waals surface area contributed by atoms with Crippen molar-refractivity contribution >= 4 is 16.9 Å². The van der Waals surface area contributed by atoms with Gasteiger partial charge in [-0.05, 0) is 106 Å². The number of fused-ring (bicyclic) bond motifs is 1. The van der Waals surface area contributed by atoms with Gasteiger partial charge in [-0.3, -0.25) is 14.9 Å². The number of aliphatic carboxylic acids is 1. The zero-order valence-corrected chi connectivity index (χ0v) is 21.3. The zero-order valence-electron chi connectivity index (χ0n) is 21.3. The van der Waals surface area contributed by atoms with Crippen LogP contribution in [0.1, 0.15) is 61.5 Å². The molecule has 7 nitrogen and oxygen atoms in total. The highest BCUT2D eigenvalue weighted by Crippen LogP contribution is 2.36. The molecule has 0 unspecified atom stereocenters. The second-order valence-electron chi connectivity index (χ2n) is 9.99. The number of aromatic amines is 1. The Morgan fingerprint density at radius 2 is 2.17 bits per heavy atom. The molecule has 0 spiro atoms. The summed E-state index contributed by atoms with van der Waals surface area (Å²) in [6, 6.07) is 7.26. The minimum Gasteiger partial charge on any atom is -0.497 e. The maximum absolute atomic E-state index is 15.5. The lowest BCUT2D eigenvalue weighted by molar-refractivity contribution is -0.139. The third kappa shape index (κ3) is 6.60. The van der Waals surface area contributed by atoms with Gasteiger partial charge in [-0.25, -0.2) is 4.39 Å². The predicted molar refractivity (Wildman–Crippen MR) is 138 cm³/mol. The lowest BCUT2D eigenvalue weighted by Gasteiger charge is -2.38. The Morgan fingerprint density at radius 1 is 1.31 bits per heavy atom. The van der Waals surface area contributed by atoms with Gasteiger partial charge in [-0.15, -0.1) is 0 Å². The van der Waals surface area contributed by atoms with Gasteiger partial charge in [0.15, 0.2) is 0 Å². The molecule has 1 aliphatic rings. The Kier molecular flexibility index (Phi) is 8.91. The van der Waals surface area contributed by atoms with Crippen molar-refractivity contribution in [2.24, 2.45) is 11.8 Å². The molecular weight excluding hydrogens is 459 g/mol. The number of pyridine rings is 1. The second kappa shape index (κ2) is 12.3. The molecule has 3 heterocycles. The lowest BCUT2D eigenvalue weighted by atomic mass is 9.79. The van der Waals surface area contributed by atoms with Gasteiger partial charge in [-0.2, -0.15) is 5.10 Å². The fraction of sp³-hybridized carbons (Fsp3) is 0.536. The summed E-state index contributed by atoms with van der Waals surface area (Å²) >= 11 is 0. The molecule has 3 atom stereocenters. The molecule has 0 saturated carbocycles. The molecule has 194 valence electrons. The first kappa shape index (κ1) is 26.1. The summed E-state index contributed by atoms with van der Waals surface area (Å²) in [4.78, 5) is 18.3. The molecule has 2 aromatic heterocycles. The number of benzene rings is 1. The third-order valence-electron chi connectivity index (χ3n) is 7.63. The van der Waals surface area contributed by atoms with Crippen LogP contribution in [-0.2, 0) is 11.2 Å². The van der Waals surface area contributed by atoms with Crippen LogP contribution >= 0.6 is 0 Å². The summed E-state index contributed by atoms with van der Waals surface area (Å²) in [5, 5.41) is 17.4. The summed E-state index contributed by atoms with van der Waals surface area (Å²) in [5.41, 5.74) is 3.69. The minimum atomic E-state index is -1.13. The Balaban J connectivity index is 1.32. The number of nitrogens with one attached hydrogen (secondary N) is 1. The number of alkyl halides is 1. The number of aromatic nitrogens is 3. The van der Waals surface area contributed by atoms with E-state index in [4.69, 9.17) is 4.74 Å². The molecule has 1 saturated heterocycles. The van der Waals surface area contributed by atoms with Gasteiger partial charge < -0.3 is 14.7 Å². The maximum Gasteiger partial charge on any atom is 0.303 e. The van der Waals surface area contributed by atoms with Gasteiger partial charge in [0.25, 0.3) is 0 Å². The molecule has 1 aromatic carbocycles. The van der Waals surface area contributed by atoms with E-state index in [0.29, 0.717) is 24.2 Å². The topological polar surface area (TPSA) is 91.3 Å². The number of aryl methyl sites for hydroxylation is 2. The molecule has 0 radical (unpaired) electrons. The molecule has 2 N–H and O–H groups in total. The number of carboxylic acids is 1. The van der Waals surface area contributed by atoms with Gasteiger partial charge in [-0.1, -0.05) is 0 Å². The molecule has 0 bridgehead atoms. The third-order valence-corrected chi connectivity index (χ3v) is 7.63. The SMILES string of the molecule is COc1ccc2nccc([C@@H](F)CC[C@@H]3CCN(CCCCc4c[nH]nc4C)C[C@@H]3CC(=O)O)c2c1. The summed E-state index contributed by atoms with van der Waals surface area (Å²) in [6.07, 6.45) is 7.75. The monoisotopic (exact) mass is 496 g/mol. The maximum atomic E-state index is 15.5. The number of hydrogen-bond donors (Lipinski definition) is 2. The van der Waals surface area contributed by atoms with Crippen LogP contribution in [0.25, 0.3) is 10.9 Å². The van der Waals surface area contributed by atoms with Crippen LogP contribution in [0.2, 0.25) is 0 Å². The number of carboxylic acid groups (broad SMARTS) is 1. The number of unbranched alkanes of at least 4 members (excludes halogenated alkanes) is 1. The first-order chi connectivity index (χ1) is 17.4. The van der Waals surface area contributed by atoms with Gasteiger partial charge >= 0.3 is 5.97 Å². The van der Waals surface area contributed by atoms with Crippen LogP contribution in [0, 0.1) is 18.8 Å². The highest BCUT2D eigenvalue weighted by molar-refractivity contribution is 5.83. The Bertz CT molecular complexity index is 1150. The van der Waals surface area contributed by atoms with Crippen molar-refractivity contribution in [1.82, 2.24) is 20.1 Å². The number of piperidine rings is 1. The largest absolute Gasteiger partial charge is 0.497 e. The number of ether oxygens (including phenoxy) is 1. The molecule has 0 amide bonds. The number of likely N-dealkylation sites (tertiary alicyclic amines) is 1. The van der Waals surface area contributed by atoms with Crippen LogP contribution in [-0.4, -0.2) is 57.9 Å². The Morgan fingerprint density at radius 3 is 2.92 bits per heavy atom. The van der Waals surface area contributed by atoms with Crippen LogP contribution in [0.15, 0.2) is 36.7 Å². The van der Waals surface area contributed by atoms with Crippen LogP contribution in [0.5, 0.6) is 5.75 Å². The number of halogens is 1. The smallest absolute Gasteiger partial charge is 0.303 e. The van der Waals surface area contributed by atoms with E-state index in [0.717, 1.165) is 61.9 Å². The van der Waals surface area contributed by atoms with E-state index < -0.39 is 12.1 Å². The molecule has 3 aromatic rings. The molecule has 1 fully saturated rings. The van der Waals surface area contributed by atoms with Gasteiger partial charge in [0, 0.05) is 30.7 Å². The van der Waals surface area contributed by atoms with Crippen LogP contribution < -0.4 is 4.74 Å². The van der Waals surface area contributed by atoms with Crippen LogP contribution in [0.4, 0.5) is 4.39 Å². The van der Waals surface area contributed by atoms with E-state index in [2.05, 4.69) is 20.1 Å². The number of hydrogen-bond acceptors (Lipinski definition) is 5. The van der Waals surface area contributed by atoms with Crippen molar-refractivity contribution in [1.29, 1.82) is 0 Å². The van der Waals surface area contributed by atoms with Gasteiger partial charge in [0.05, 0.1) is 18.3 Å². The van der Waals surface area contributed by atoms with Crippen molar-refractivity contribution in [3.8, 4) is 5.75 Å². The lowest BCUT2D eigenvalue weighted by Crippen LogP contribution is -2.41. The fourth-order valence-electron chi connectivity index (χ4n) is 5.54. The van der Waals surface area contributed by atoms with Crippen molar-refractivity contribution in [3.05, 3.63) is 53.5 Å². The van der Waals surface area contributed by atoms with Crippen molar-refractivity contribution in [3.63, 3.8) is 0 Å². The first-order valence-corrected chi connectivity index (χ1v) is 12.9. The average Bonchev–Trinajstić information content (AvgIpc) is 3.29. The zero-order chi connectivity index (χ0) is 25.5. The van der Waals surface area contributed by atoms with E-state index >= 15 is 4.39 Å². The molecule has 1 aliphatic heterocycles. The number of nitrogens with zero attached hydrogens (tertiary/aromatic N) is 3. The summed E-state index contributed by atoms with van der Waals surface area (Å²) in [6.45, 7) is 4.70. The van der Waals surface area contributed by atoms with E-state index in [-0.39, 0.29) is 18.3 Å². The predicted octanol–water partition coefficient (Wildman–Crippen LogP) is 5.50. The molecule has 8 heteroatoms.